The van der Waals surface area contributed by atoms with Crippen molar-refractivity contribution in [2.45, 2.75) is 83.3 Å². The van der Waals surface area contributed by atoms with Crippen LogP contribution in [0.2, 0.25) is 0 Å². The lowest BCUT2D eigenvalue weighted by Crippen LogP contribution is -2.21. The van der Waals surface area contributed by atoms with Crippen molar-refractivity contribution in [3.8, 4) is 0 Å². The SMILES string of the molecule is C[C@H](O)[C@H](O)CCCCCCCCCCC(=O)O. The Balaban J connectivity index is 3.10. The van der Waals surface area contributed by atoms with Gasteiger partial charge in [-0.15, -0.1) is 0 Å². The van der Waals surface area contributed by atoms with Crippen molar-refractivity contribution in [2.24, 2.45) is 0 Å². The monoisotopic (exact) mass is 260 g/mol. The van der Waals surface area contributed by atoms with E-state index < -0.39 is 18.2 Å². The van der Waals surface area contributed by atoms with Crippen LogP contribution in [0.5, 0.6) is 0 Å². The number of carbonyl (C=O) groups is 1. The quantitative estimate of drug-likeness (QED) is 0.471. The van der Waals surface area contributed by atoms with Gasteiger partial charge in [0.05, 0.1) is 12.2 Å². The highest BCUT2D eigenvalue weighted by Crippen LogP contribution is 2.12. The van der Waals surface area contributed by atoms with Gasteiger partial charge in [-0.1, -0.05) is 44.9 Å². The number of aliphatic hydroxyl groups excluding tert-OH is 2. The van der Waals surface area contributed by atoms with Crippen LogP contribution in [-0.4, -0.2) is 33.5 Å². The average molecular weight is 260 g/mol. The molecule has 4 nitrogen and oxygen atoms in total. The Morgan fingerprint density at radius 2 is 1.33 bits per heavy atom. The molecule has 0 aliphatic carbocycles. The molecular weight excluding hydrogens is 232 g/mol. The molecule has 0 aromatic heterocycles. The first-order chi connectivity index (χ1) is 8.54. The molecular formula is C14H28O4. The van der Waals surface area contributed by atoms with Crippen molar-refractivity contribution in [3.05, 3.63) is 0 Å². The molecule has 18 heavy (non-hydrogen) atoms. The molecule has 108 valence electrons. The van der Waals surface area contributed by atoms with E-state index >= 15 is 0 Å². The van der Waals surface area contributed by atoms with Crippen LogP contribution in [-0.2, 0) is 4.79 Å². The van der Waals surface area contributed by atoms with E-state index in [4.69, 9.17) is 10.2 Å². The standard InChI is InChI=1S/C14H28O4/c1-12(15)13(16)10-8-6-4-2-3-5-7-9-11-14(17)18/h12-13,15-16H,2-11H2,1H3,(H,17,18)/t12-,13+/m0/s1. The first-order valence-corrected chi connectivity index (χ1v) is 7.12. The molecule has 0 fully saturated rings. The van der Waals surface area contributed by atoms with Gasteiger partial charge in [0.2, 0.25) is 0 Å². The van der Waals surface area contributed by atoms with Crippen LogP contribution in [0.1, 0.15) is 71.1 Å². The molecule has 0 aliphatic rings. The van der Waals surface area contributed by atoms with Gasteiger partial charge >= 0.3 is 5.97 Å². The van der Waals surface area contributed by atoms with Gasteiger partial charge in [0.15, 0.2) is 0 Å². The minimum atomic E-state index is -0.702. The maximum Gasteiger partial charge on any atom is 0.303 e. The van der Waals surface area contributed by atoms with E-state index in [-0.39, 0.29) is 6.42 Å². The molecule has 0 radical (unpaired) electrons. The zero-order chi connectivity index (χ0) is 13.8. The van der Waals surface area contributed by atoms with Crippen molar-refractivity contribution in [3.63, 3.8) is 0 Å². The number of hydrogen-bond acceptors (Lipinski definition) is 3. The van der Waals surface area contributed by atoms with Crippen molar-refractivity contribution in [2.75, 3.05) is 0 Å². The molecule has 0 aliphatic heterocycles. The van der Waals surface area contributed by atoms with E-state index in [2.05, 4.69) is 0 Å². The van der Waals surface area contributed by atoms with Crippen molar-refractivity contribution in [1.29, 1.82) is 0 Å². The maximum atomic E-state index is 10.3. The molecule has 0 spiro atoms. The smallest absolute Gasteiger partial charge is 0.303 e. The lowest BCUT2D eigenvalue weighted by Gasteiger charge is -2.12. The summed E-state index contributed by atoms with van der Waals surface area (Å²) in [6, 6.07) is 0. The molecule has 0 aromatic rings. The Morgan fingerprint density at radius 1 is 0.889 bits per heavy atom. The van der Waals surface area contributed by atoms with Crippen molar-refractivity contribution in [1.82, 2.24) is 0 Å². The van der Waals surface area contributed by atoms with Crippen molar-refractivity contribution >= 4 is 5.97 Å². The minimum absolute atomic E-state index is 0.289. The van der Waals surface area contributed by atoms with Gasteiger partial charge in [-0.3, -0.25) is 4.79 Å². The second kappa shape index (κ2) is 11.5. The maximum absolute atomic E-state index is 10.3. The molecule has 0 saturated heterocycles. The zero-order valence-electron chi connectivity index (χ0n) is 11.5. The minimum Gasteiger partial charge on any atom is -0.481 e. The van der Waals surface area contributed by atoms with Crippen LogP contribution in [0, 0.1) is 0 Å². The first-order valence-electron chi connectivity index (χ1n) is 7.12. The summed E-state index contributed by atoms with van der Waals surface area (Å²) in [5.74, 6) is -0.702. The fourth-order valence-corrected chi connectivity index (χ4v) is 1.93. The second-order valence-electron chi connectivity index (χ2n) is 5.07. The van der Waals surface area contributed by atoms with Crippen LogP contribution in [0.3, 0.4) is 0 Å². The van der Waals surface area contributed by atoms with Crippen LogP contribution in [0.15, 0.2) is 0 Å². The zero-order valence-corrected chi connectivity index (χ0v) is 11.5. The van der Waals surface area contributed by atoms with Crippen LogP contribution >= 0.6 is 0 Å². The van der Waals surface area contributed by atoms with E-state index in [0.29, 0.717) is 6.42 Å². The van der Waals surface area contributed by atoms with Gasteiger partial charge in [0.1, 0.15) is 0 Å². The third-order valence-electron chi connectivity index (χ3n) is 3.20. The molecule has 0 amide bonds. The van der Waals surface area contributed by atoms with Crippen molar-refractivity contribution < 1.29 is 20.1 Å². The largest absolute Gasteiger partial charge is 0.481 e. The fourth-order valence-electron chi connectivity index (χ4n) is 1.93. The number of hydrogen-bond donors (Lipinski definition) is 3. The lowest BCUT2D eigenvalue weighted by atomic mass is 10.0. The lowest BCUT2D eigenvalue weighted by molar-refractivity contribution is -0.137. The van der Waals surface area contributed by atoms with Gasteiger partial charge < -0.3 is 15.3 Å². The number of unbranched alkanes of at least 4 members (excludes halogenated alkanes) is 7. The molecule has 3 N–H and O–H groups in total. The topological polar surface area (TPSA) is 77.8 Å². The second-order valence-corrected chi connectivity index (χ2v) is 5.07. The Morgan fingerprint density at radius 3 is 1.78 bits per heavy atom. The molecule has 0 saturated carbocycles. The Bertz CT molecular complexity index is 204. The summed E-state index contributed by atoms with van der Waals surface area (Å²) in [4.78, 5) is 10.3. The molecule has 2 atom stereocenters. The summed E-state index contributed by atoms with van der Waals surface area (Å²) in [6.07, 6.45) is 8.23. The van der Waals surface area contributed by atoms with E-state index in [1.807, 2.05) is 0 Å². The van der Waals surface area contributed by atoms with Crippen LogP contribution in [0.25, 0.3) is 0 Å². The van der Waals surface area contributed by atoms with E-state index in [1.165, 1.54) is 12.8 Å². The van der Waals surface area contributed by atoms with E-state index in [9.17, 15) is 9.90 Å². The number of carboxylic acids is 1. The predicted molar refractivity (Wildman–Crippen MR) is 71.5 cm³/mol. The van der Waals surface area contributed by atoms with E-state index in [0.717, 1.165) is 38.5 Å². The molecule has 0 unspecified atom stereocenters. The highest BCUT2D eigenvalue weighted by atomic mass is 16.4. The molecule has 0 rings (SSSR count). The van der Waals surface area contributed by atoms with Gasteiger partial charge in [-0.05, 0) is 19.8 Å². The normalized spacial score (nSPS) is 14.4. The Labute approximate surface area is 110 Å². The van der Waals surface area contributed by atoms with E-state index in [1.54, 1.807) is 6.92 Å². The summed E-state index contributed by atoms with van der Waals surface area (Å²) in [5.41, 5.74) is 0. The molecule has 0 heterocycles. The number of carboxylic acid groups (broad SMARTS) is 1. The van der Waals surface area contributed by atoms with Gasteiger partial charge in [-0.25, -0.2) is 0 Å². The molecule has 4 heteroatoms. The molecule has 0 aromatic carbocycles. The van der Waals surface area contributed by atoms with Gasteiger partial charge in [0.25, 0.3) is 0 Å². The third-order valence-corrected chi connectivity index (χ3v) is 3.20. The third kappa shape index (κ3) is 11.9. The van der Waals surface area contributed by atoms with Crippen LogP contribution in [0.4, 0.5) is 0 Å². The fraction of sp³-hybridized carbons (Fsp3) is 0.929. The average Bonchev–Trinajstić information content (AvgIpc) is 2.30. The summed E-state index contributed by atoms with van der Waals surface area (Å²) in [7, 11) is 0. The molecule has 0 bridgehead atoms. The predicted octanol–water partition coefficient (Wildman–Crippen LogP) is 2.71. The summed E-state index contributed by atoms with van der Waals surface area (Å²) in [6.45, 7) is 1.61. The van der Waals surface area contributed by atoms with Crippen LogP contribution < -0.4 is 0 Å². The number of aliphatic carboxylic acids is 1. The summed E-state index contributed by atoms with van der Waals surface area (Å²) in [5, 5.41) is 26.9. The number of rotatable bonds is 12. The summed E-state index contributed by atoms with van der Waals surface area (Å²) >= 11 is 0. The van der Waals surface area contributed by atoms with Gasteiger partial charge in [-0.2, -0.15) is 0 Å². The first kappa shape index (κ1) is 17.4. The number of aliphatic hydroxyl groups is 2. The Hall–Kier alpha value is -0.610. The van der Waals surface area contributed by atoms with Gasteiger partial charge in [0, 0.05) is 6.42 Å². The Kier molecular flexibility index (Phi) is 11.1. The highest BCUT2D eigenvalue weighted by molar-refractivity contribution is 5.66. The summed E-state index contributed by atoms with van der Waals surface area (Å²) < 4.78 is 0. The highest BCUT2D eigenvalue weighted by Gasteiger charge is 2.09.